The summed E-state index contributed by atoms with van der Waals surface area (Å²) < 4.78 is 0. The second kappa shape index (κ2) is 8.68. The molecular formula is C14H18N4O3. The minimum Gasteiger partial charge on any atom is -0.395 e. The zero-order valence-corrected chi connectivity index (χ0v) is 11.8. The number of rotatable bonds is 7. The maximum atomic E-state index is 12.1. The predicted molar refractivity (Wildman–Crippen MR) is 77.0 cm³/mol. The fourth-order valence-electron chi connectivity index (χ4n) is 1.65. The quantitative estimate of drug-likeness (QED) is 0.482. The summed E-state index contributed by atoms with van der Waals surface area (Å²) in [5.41, 5.74) is 0.753. The molecule has 1 aromatic rings. The number of hydrogen-bond donors (Lipinski definition) is 3. The molecule has 1 amide bonds. The van der Waals surface area contributed by atoms with Crippen molar-refractivity contribution in [2.24, 2.45) is 0 Å². The molecule has 0 bridgehead atoms. The molecule has 0 aliphatic heterocycles. The highest BCUT2D eigenvalue weighted by Crippen LogP contribution is 2.10. The molecule has 0 aromatic carbocycles. The van der Waals surface area contributed by atoms with Crippen LogP contribution in [0.5, 0.6) is 0 Å². The van der Waals surface area contributed by atoms with Gasteiger partial charge in [0.25, 0.3) is 5.91 Å². The van der Waals surface area contributed by atoms with Crippen molar-refractivity contribution in [1.29, 1.82) is 5.26 Å². The standard InChI is InChI=1S/C14H18N4O3/c1-11-3-2-4-16-13(11)17-10-12(9-15)14(21)18(5-7-19)6-8-20/h2-4,10,19-20H,5-8H2,1H3,(H,16,17)/b12-10-. The van der Waals surface area contributed by atoms with Gasteiger partial charge in [0.15, 0.2) is 0 Å². The monoisotopic (exact) mass is 290 g/mol. The van der Waals surface area contributed by atoms with Gasteiger partial charge in [0, 0.05) is 25.5 Å². The molecule has 0 spiro atoms. The Balaban J connectivity index is 2.86. The van der Waals surface area contributed by atoms with E-state index in [1.165, 1.54) is 11.1 Å². The van der Waals surface area contributed by atoms with Gasteiger partial charge in [-0.3, -0.25) is 4.79 Å². The zero-order chi connectivity index (χ0) is 15.7. The normalized spacial score (nSPS) is 10.9. The molecule has 21 heavy (non-hydrogen) atoms. The van der Waals surface area contributed by atoms with Crippen LogP contribution in [0.3, 0.4) is 0 Å². The summed E-state index contributed by atoms with van der Waals surface area (Å²) in [6.07, 6.45) is 2.88. The molecule has 7 heteroatoms. The van der Waals surface area contributed by atoms with Crippen LogP contribution in [0.1, 0.15) is 5.56 Å². The van der Waals surface area contributed by atoms with Crippen LogP contribution < -0.4 is 5.32 Å². The first-order valence-electron chi connectivity index (χ1n) is 6.43. The highest BCUT2D eigenvalue weighted by atomic mass is 16.3. The molecule has 0 saturated carbocycles. The lowest BCUT2D eigenvalue weighted by Gasteiger charge is -2.20. The van der Waals surface area contributed by atoms with Crippen molar-refractivity contribution in [1.82, 2.24) is 9.88 Å². The molecule has 1 aromatic heterocycles. The maximum absolute atomic E-state index is 12.1. The lowest BCUT2D eigenvalue weighted by Crippen LogP contribution is -2.36. The van der Waals surface area contributed by atoms with Crippen LogP contribution in [0.2, 0.25) is 0 Å². The van der Waals surface area contributed by atoms with E-state index in [0.29, 0.717) is 5.82 Å². The number of aryl methyl sites for hydroxylation is 1. The summed E-state index contributed by atoms with van der Waals surface area (Å²) in [6, 6.07) is 5.44. The first-order valence-corrected chi connectivity index (χ1v) is 6.43. The fraction of sp³-hybridized carbons (Fsp3) is 0.357. The molecule has 0 aliphatic rings. The average molecular weight is 290 g/mol. The second-order valence-corrected chi connectivity index (χ2v) is 4.22. The van der Waals surface area contributed by atoms with Crippen LogP contribution in [0.25, 0.3) is 0 Å². The third-order valence-corrected chi connectivity index (χ3v) is 2.74. The number of hydrogen-bond acceptors (Lipinski definition) is 6. The number of aromatic nitrogens is 1. The van der Waals surface area contributed by atoms with Gasteiger partial charge in [0.2, 0.25) is 0 Å². The van der Waals surface area contributed by atoms with Gasteiger partial charge in [0.1, 0.15) is 17.5 Å². The van der Waals surface area contributed by atoms with E-state index in [2.05, 4.69) is 10.3 Å². The third-order valence-electron chi connectivity index (χ3n) is 2.74. The Labute approximate surface area is 123 Å². The molecule has 0 unspecified atom stereocenters. The zero-order valence-electron chi connectivity index (χ0n) is 11.8. The molecular weight excluding hydrogens is 272 g/mol. The summed E-state index contributed by atoms with van der Waals surface area (Å²) >= 11 is 0. The van der Waals surface area contributed by atoms with Crippen molar-refractivity contribution in [2.75, 3.05) is 31.6 Å². The molecule has 1 heterocycles. The van der Waals surface area contributed by atoms with E-state index in [9.17, 15) is 4.79 Å². The summed E-state index contributed by atoms with van der Waals surface area (Å²) in [7, 11) is 0. The van der Waals surface area contributed by atoms with Crippen molar-refractivity contribution in [3.05, 3.63) is 35.7 Å². The van der Waals surface area contributed by atoms with Crippen LogP contribution >= 0.6 is 0 Å². The maximum Gasteiger partial charge on any atom is 0.266 e. The smallest absolute Gasteiger partial charge is 0.266 e. The predicted octanol–water partition coefficient (Wildman–Crippen LogP) is 0.0226. The van der Waals surface area contributed by atoms with Gasteiger partial charge in [-0.2, -0.15) is 5.26 Å². The molecule has 3 N–H and O–H groups in total. The van der Waals surface area contributed by atoms with Crippen molar-refractivity contribution < 1.29 is 15.0 Å². The Morgan fingerprint density at radius 2 is 2.14 bits per heavy atom. The number of nitriles is 1. The Morgan fingerprint density at radius 1 is 1.48 bits per heavy atom. The highest BCUT2D eigenvalue weighted by molar-refractivity contribution is 5.97. The lowest BCUT2D eigenvalue weighted by molar-refractivity contribution is -0.127. The van der Waals surface area contributed by atoms with Crippen LogP contribution in [0.4, 0.5) is 5.82 Å². The lowest BCUT2D eigenvalue weighted by atomic mass is 10.2. The first-order chi connectivity index (χ1) is 10.1. The largest absolute Gasteiger partial charge is 0.395 e. The Hall–Kier alpha value is -2.43. The molecule has 0 saturated heterocycles. The topological polar surface area (TPSA) is 109 Å². The van der Waals surface area contributed by atoms with Gasteiger partial charge in [-0.1, -0.05) is 6.07 Å². The number of pyridine rings is 1. The number of carbonyl (C=O) groups is 1. The van der Waals surface area contributed by atoms with Crippen molar-refractivity contribution >= 4 is 11.7 Å². The first kappa shape index (κ1) is 16.6. The van der Waals surface area contributed by atoms with Crippen molar-refractivity contribution in [3.63, 3.8) is 0 Å². The molecule has 112 valence electrons. The number of aliphatic hydroxyl groups excluding tert-OH is 2. The van der Waals surface area contributed by atoms with Crippen molar-refractivity contribution in [2.45, 2.75) is 6.92 Å². The van der Waals surface area contributed by atoms with Crippen LogP contribution in [0.15, 0.2) is 30.1 Å². The van der Waals surface area contributed by atoms with Gasteiger partial charge >= 0.3 is 0 Å². The number of nitrogens with one attached hydrogen (secondary N) is 1. The molecule has 0 aliphatic carbocycles. The Kier molecular flexibility index (Phi) is 6.87. The highest BCUT2D eigenvalue weighted by Gasteiger charge is 2.17. The number of carbonyl (C=O) groups excluding carboxylic acids is 1. The number of anilines is 1. The van der Waals surface area contributed by atoms with Crippen LogP contribution in [-0.4, -0.2) is 52.3 Å². The average Bonchev–Trinajstić information content (AvgIpc) is 2.49. The van der Waals surface area contributed by atoms with Gasteiger partial charge < -0.3 is 20.4 Å². The SMILES string of the molecule is Cc1cccnc1N/C=C(/C#N)C(=O)N(CCO)CCO. The molecule has 0 atom stereocenters. The second-order valence-electron chi connectivity index (χ2n) is 4.22. The third kappa shape index (κ3) is 4.87. The minimum absolute atomic E-state index is 0.0566. The Bertz CT molecular complexity index is 545. The van der Waals surface area contributed by atoms with Gasteiger partial charge in [0.05, 0.1) is 13.2 Å². The molecule has 1 rings (SSSR count). The van der Waals surface area contributed by atoms with E-state index in [1.807, 2.05) is 13.0 Å². The minimum atomic E-state index is -0.554. The van der Waals surface area contributed by atoms with E-state index < -0.39 is 5.91 Å². The van der Waals surface area contributed by atoms with Gasteiger partial charge in [-0.05, 0) is 18.6 Å². The summed E-state index contributed by atoms with van der Waals surface area (Å²) in [5.74, 6) is -0.00407. The Morgan fingerprint density at radius 3 is 2.67 bits per heavy atom. The van der Waals surface area contributed by atoms with Gasteiger partial charge in [-0.25, -0.2) is 4.98 Å². The van der Waals surface area contributed by atoms with E-state index in [1.54, 1.807) is 18.3 Å². The number of aliphatic hydroxyl groups is 2. The number of nitrogens with zero attached hydrogens (tertiary/aromatic N) is 3. The van der Waals surface area contributed by atoms with Gasteiger partial charge in [-0.15, -0.1) is 0 Å². The van der Waals surface area contributed by atoms with E-state index in [0.717, 1.165) is 5.56 Å². The molecule has 0 fully saturated rings. The summed E-state index contributed by atoms with van der Waals surface area (Å²) in [6.45, 7) is 1.48. The fourth-order valence-corrected chi connectivity index (χ4v) is 1.65. The van der Waals surface area contributed by atoms with Crippen LogP contribution in [0, 0.1) is 18.3 Å². The number of amides is 1. The molecule has 7 nitrogen and oxygen atoms in total. The molecule has 0 radical (unpaired) electrons. The van der Waals surface area contributed by atoms with E-state index in [4.69, 9.17) is 15.5 Å². The summed E-state index contributed by atoms with van der Waals surface area (Å²) in [5, 5.41) is 29.7. The van der Waals surface area contributed by atoms with Crippen LogP contribution in [-0.2, 0) is 4.79 Å². The van der Waals surface area contributed by atoms with Crippen molar-refractivity contribution in [3.8, 4) is 6.07 Å². The summed E-state index contributed by atoms with van der Waals surface area (Å²) in [4.78, 5) is 17.4. The van der Waals surface area contributed by atoms with E-state index >= 15 is 0 Å². The van der Waals surface area contributed by atoms with E-state index in [-0.39, 0.29) is 31.9 Å².